The minimum atomic E-state index is -0.639. The van der Waals surface area contributed by atoms with E-state index < -0.39 is 11.7 Å². The zero-order valence-electron chi connectivity index (χ0n) is 13.2. The zero-order valence-corrected chi connectivity index (χ0v) is 14.8. The lowest BCUT2D eigenvalue weighted by Gasteiger charge is -2.19. The van der Waals surface area contributed by atoms with E-state index in [9.17, 15) is 4.79 Å². The molecular formula is C16H14Cl2N4O2. The SMILES string of the molecule is CC(C)(C)OC(=O)n1nc(-c2nc(Cl)ncc2Cl)c2ccccc21. The molecule has 0 saturated heterocycles. The average Bonchev–Trinajstić information content (AvgIpc) is 2.88. The third kappa shape index (κ3) is 3.20. The number of rotatable bonds is 1. The molecule has 0 radical (unpaired) electrons. The third-order valence-corrected chi connectivity index (χ3v) is 3.55. The topological polar surface area (TPSA) is 69.9 Å². The van der Waals surface area contributed by atoms with E-state index in [0.717, 1.165) is 0 Å². The van der Waals surface area contributed by atoms with Crippen LogP contribution in [-0.4, -0.2) is 31.4 Å². The second kappa shape index (κ2) is 6.03. The molecule has 0 bridgehead atoms. The van der Waals surface area contributed by atoms with E-state index in [2.05, 4.69) is 15.1 Å². The molecule has 0 atom stereocenters. The fourth-order valence-electron chi connectivity index (χ4n) is 2.20. The first-order valence-corrected chi connectivity index (χ1v) is 7.91. The van der Waals surface area contributed by atoms with Crippen molar-refractivity contribution in [2.24, 2.45) is 0 Å². The van der Waals surface area contributed by atoms with Gasteiger partial charge < -0.3 is 4.74 Å². The highest BCUT2D eigenvalue weighted by Crippen LogP contribution is 2.31. The number of halogens is 2. The summed E-state index contributed by atoms with van der Waals surface area (Å²) < 4.78 is 6.60. The average molecular weight is 365 g/mol. The Balaban J connectivity index is 2.21. The summed E-state index contributed by atoms with van der Waals surface area (Å²) in [7, 11) is 0. The highest BCUT2D eigenvalue weighted by molar-refractivity contribution is 6.34. The Hall–Kier alpha value is -2.18. The summed E-state index contributed by atoms with van der Waals surface area (Å²) in [5, 5.41) is 5.40. The molecule has 6 nitrogen and oxygen atoms in total. The highest BCUT2D eigenvalue weighted by Gasteiger charge is 2.23. The standard InChI is InChI=1S/C16H14Cl2N4O2/c1-16(2,3)24-15(23)22-11-7-5-4-6-9(11)12(21-22)13-10(17)8-19-14(18)20-13/h4-8H,1-3H3. The van der Waals surface area contributed by atoms with E-state index in [-0.39, 0.29) is 5.28 Å². The molecule has 0 N–H and O–H groups in total. The van der Waals surface area contributed by atoms with Crippen molar-refractivity contribution in [1.82, 2.24) is 19.7 Å². The van der Waals surface area contributed by atoms with Gasteiger partial charge in [-0.1, -0.05) is 29.8 Å². The van der Waals surface area contributed by atoms with Crippen LogP contribution in [0.2, 0.25) is 10.3 Å². The molecule has 0 aliphatic heterocycles. The van der Waals surface area contributed by atoms with Crippen molar-refractivity contribution in [1.29, 1.82) is 0 Å². The van der Waals surface area contributed by atoms with Gasteiger partial charge in [0.1, 0.15) is 17.0 Å². The molecule has 8 heteroatoms. The molecule has 0 unspecified atom stereocenters. The molecule has 0 aliphatic rings. The number of aromatic nitrogens is 4. The van der Waals surface area contributed by atoms with Crippen LogP contribution in [0.25, 0.3) is 22.3 Å². The molecule has 3 rings (SSSR count). The molecular weight excluding hydrogens is 351 g/mol. The van der Waals surface area contributed by atoms with Crippen LogP contribution in [-0.2, 0) is 4.74 Å². The molecule has 0 saturated carbocycles. The number of carbonyl (C=O) groups excluding carboxylic acids is 1. The van der Waals surface area contributed by atoms with Crippen molar-refractivity contribution in [3.05, 3.63) is 40.8 Å². The lowest BCUT2D eigenvalue weighted by Crippen LogP contribution is -2.27. The van der Waals surface area contributed by atoms with Gasteiger partial charge in [-0.05, 0) is 38.4 Å². The first-order valence-electron chi connectivity index (χ1n) is 7.16. The van der Waals surface area contributed by atoms with Crippen LogP contribution in [0.15, 0.2) is 30.5 Å². The number of ether oxygens (including phenoxy) is 1. The van der Waals surface area contributed by atoms with Crippen LogP contribution in [0.3, 0.4) is 0 Å². The lowest BCUT2D eigenvalue weighted by molar-refractivity contribution is 0.0523. The Kier molecular flexibility index (Phi) is 4.19. The summed E-state index contributed by atoms with van der Waals surface area (Å²) in [6, 6.07) is 7.24. The normalized spacial score (nSPS) is 11.7. The van der Waals surface area contributed by atoms with Crippen molar-refractivity contribution in [2.45, 2.75) is 26.4 Å². The molecule has 2 heterocycles. The van der Waals surface area contributed by atoms with Crippen LogP contribution in [0, 0.1) is 0 Å². The predicted molar refractivity (Wildman–Crippen MR) is 92.4 cm³/mol. The molecule has 0 spiro atoms. The van der Waals surface area contributed by atoms with E-state index in [0.29, 0.717) is 27.3 Å². The maximum Gasteiger partial charge on any atom is 0.435 e. The Morgan fingerprint density at radius 2 is 1.88 bits per heavy atom. The maximum absolute atomic E-state index is 12.5. The molecule has 0 aliphatic carbocycles. The second-order valence-corrected chi connectivity index (χ2v) is 6.84. The summed E-state index contributed by atoms with van der Waals surface area (Å²) in [4.78, 5) is 20.4. The number of hydrogen-bond donors (Lipinski definition) is 0. The largest absolute Gasteiger partial charge is 0.442 e. The number of hydrogen-bond acceptors (Lipinski definition) is 5. The van der Waals surface area contributed by atoms with Crippen molar-refractivity contribution in [3.63, 3.8) is 0 Å². The Morgan fingerprint density at radius 3 is 2.58 bits per heavy atom. The number of fused-ring (bicyclic) bond motifs is 1. The van der Waals surface area contributed by atoms with Crippen LogP contribution >= 0.6 is 23.2 Å². The molecule has 0 amide bonds. The van der Waals surface area contributed by atoms with Gasteiger partial charge in [0.05, 0.1) is 16.7 Å². The van der Waals surface area contributed by atoms with E-state index in [1.54, 1.807) is 26.8 Å². The molecule has 0 fully saturated rings. The number of carbonyl (C=O) groups is 1. The van der Waals surface area contributed by atoms with E-state index in [4.69, 9.17) is 27.9 Å². The van der Waals surface area contributed by atoms with Crippen LogP contribution < -0.4 is 0 Å². The van der Waals surface area contributed by atoms with Gasteiger partial charge in [0.15, 0.2) is 0 Å². The second-order valence-electron chi connectivity index (χ2n) is 6.09. The van der Waals surface area contributed by atoms with Crippen LogP contribution in [0.1, 0.15) is 20.8 Å². The fraction of sp³-hybridized carbons (Fsp3) is 0.250. The minimum absolute atomic E-state index is 0.0466. The number of para-hydroxylation sites is 1. The van der Waals surface area contributed by atoms with Crippen molar-refractivity contribution < 1.29 is 9.53 Å². The Labute approximate surface area is 148 Å². The zero-order chi connectivity index (χ0) is 17.5. The summed E-state index contributed by atoms with van der Waals surface area (Å²) in [5.74, 6) is 0. The van der Waals surface area contributed by atoms with Crippen LogP contribution in [0.5, 0.6) is 0 Å². The highest BCUT2D eigenvalue weighted by atomic mass is 35.5. The Bertz CT molecular complexity index is 931. The fourth-order valence-corrected chi connectivity index (χ4v) is 2.51. The monoisotopic (exact) mass is 364 g/mol. The summed E-state index contributed by atoms with van der Waals surface area (Å²) in [6.45, 7) is 5.37. The van der Waals surface area contributed by atoms with Crippen molar-refractivity contribution in [3.8, 4) is 11.4 Å². The quantitative estimate of drug-likeness (QED) is 0.590. The summed E-state index contributed by atoms with van der Waals surface area (Å²) in [6.07, 6.45) is 0.814. The van der Waals surface area contributed by atoms with Gasteiger partial charge in [0.25, 0.3) is 0 Å². The predicted octanol–water partition coefficient (Wildman–Crippen LogP) is 4.58. The molecule has 3 aromatic rings. The van der Waals surface area contributed by atoms with Gasteiger partial charge in [-0.2, -0.15) is 9.78 Å². The van der Waals surface area contributed by atoms with Crippen LogP contribution in [0.4, 0.5) is 4.79 Å². The van der Waals surface area contributed by atoms with Gasteiger partial charge in [0, 0.05) is 5.39 Å². The van der Waals surface area contributed by atoms with E-state index in [1.165, 1.54) is 10.9 Å². The molecule has 24 heavy (non-hydrogen) atoms. The molecule has 2 aromatic heterocycles. The van der Waals surface area contributed by atoms with E-state index >= 15 is 0 Å². The van der Waals surface area contributed by atoms with Gasteiger partial charge in [-0.15, -0.1) is 0 Å². The van der Waals surface area contributed by atoms with Gasteiger partial charge in [-0.25, -0.2) is 14.8 Å². The third-order valence-electron chi connectivity index (χ3n) is 3.09. The summed E-state index contributed by atoms with van der Waals surface area (Å²) in [5.41, 5.74) is 0.744. The number of benzene rings is 1. The maximum atomic E-state index is 12.5. The first kappa shape index (κ1) is 16.7. The van der Waals surface area contributed by atoms with Gasteiger partial charge >= 0.3 is 6.09 Å². The lowest BCUT2D eigenvalue weighted by atomic mass is 10.1. The molecule has 124 valence electrons. The van der Waals surface area contributed by atoms with Gasteiger partial charge in [-0.3, -0.25) is 0 Å². The Morgan fingerprint density at radius 1 is 1.17 bits per heavy atom. The smallest absolute Gasteiger partial charge is 0.435 e. The van der Waals surface area contributed by atoms with Crippen molar-refractivity contribution >= 4 is 40.2 Å². The molecule has 1 aromatic carbocycles. The first-order chi connectivity index (χ1) is 11.3. The van der Waals surface area contributed by atoms with E-state index in [1.807, 2.05) is 18.2 Å². The number of nitrogens with zero attached hydrogens (tertiary/aromatic N) is 4. The summed E-state index contributed by atoms with van der Waals surface area (Å²) >= 11 is 12.0. The minimum Gasteiger partial charge on any atom is -0.442 e. The van der Waals surface area contributed by atoms with Gasteiger partial charge in [0.2, 0.25) is 5.28 Å². The van der Waals surface area contributed by atoms with Crippen molar-refractivity contribution in [2.75, 3.05) is 0 Å².